The normalized spacial score (nSPS) is 14.0. The van der Waals surface area contributed by atoms with Crippen molar-refractivity contribution in [3.05, 3.63) is 48.6 Å². The fourth-order valence-electron chi connectivity index (χ4n) is 4.49. The largest absolute Gasteiger partial charge is 0.472 e. The molecular weight excluding hydrogens is 617 g/mol. The number of aliphatic hydroxyl groups is 1. The molecule has 0 radical (unpaired) electrons. The summed E-state index contributed by atoms with van der Waals surface area (Å²) in [6.07, 6.45) is 36.3. The molecule has 2 unspecified atom stereocenters. The van der Waals surface area contributed by atoms with Gasteiger partial charge in [0.05, 0.1) is 13.2 Å². The molecule has 0 aromatic heterocycles. The molecule has 0 aromatic carbocycles. The van der Waals surface area contributed by atoms with Crippen LogP contribution in [0.2, 0.25) is 0 Å². The number of aliphatic hydroxyl groups excluding tert-OH is 1. The minimum atomic E-state index is -4.42. The van der Waals surface area contributed by atoms with E-state index in [0.29, 0.717) is 12.8 Å². The lowest BCUT2D eigenvalue weighted by atomic mass is 10.1. The van der Waals surface area contributed by atoms with E-state index in [-0.39, 0.29) is 32.1 Å². The van der Waals surface area contributed by atoms with Gasteiger partial charge < -0.3 is 20.1 Å². The van der Waals surface area contributed by atoms with Crippen molar-refractivity contribution in [1.82, 2.24) is 5.32 Å². The Morgan fingerprint density at radius 2 is 1.17 bits per heavy atom. The number of phosphoric ester groups is 1. The van der Waals surface area contributed by atoms with Gasteiger partial charge in [-0.2, -0.15) is 0 Å². The Morgan fingerprint density at radius 1 is 0.660 bits per heavy atom. The molecule has 3 N–H and O–H groups in total. The molecule has 0 aliphatic carbocycles. The maximum Gasteiger partial charge on any atom is 0.472 e. The summed E-state index contributed by atoms with van der Waals surface area (Å²) in [6.45, 7) is 3.40. The third-order valence-electron chi connectivity index (χ3n) is 7.26. The Morgan fingerprint density at radius 3 is 1.77 bits per heavy atom. The van der Waals surface area contributed by atoms with Crippen molar-refractivity contribution in [3.8, 4) is 0 Å². The molecule has 0 aliphatic rings. The smallest absolute Gasteiger partial charge is 0.463 e. The lowest BCUT2D eigenvalue weighted by Gasteiger charge is -2.15. The molecule has 0 bridgehead atoms. The molecule has 0 aromatic rings. The topological polar surface area (TPSA) is 131 Å². The van der Waals surface area contributed by atoms with Gasteiger partial charge in [0.2, 0.25) is 5.91 Å². The third-order valence-corrected chi connectivity index (χ3v) is 8.25. The van der Waals surface area contributed by atoms with Crippen molar-refractivity contribution in [2.45, 2.75) is 148 Å². The second-order valence-corrected chi connectivity index (χ2v) is 13.3. The lowest BCUT2D eigenvalue weighted by Crippen LogP contribution is -2.27. The summed E-state index contributed by atoms with van der Waals surface area (Å²) < 4.78 is 26.6. The van der Waals surface area contributed by atoms with Gasteiger partial charge in [-0.15, -0.1) is 0 Å². The zero-order valence-corrected chi connectivity index (χ0v) is 30.4. The Bertz CT molecular complexity index is 918. The summed E-state index contributed by atoms with van der Waals surface area (Å²) in [5.41, 5.74) is 0. The number of esters is 1. The molecule has 0 heterocycles. The molecule has 0 spiro atoms. The predicted molar refractivity (Wildman–Crippen MR) is 192 cm³/mol. The predicted octanol–water partition coefficient (Wildman–Crippen LogP) is 9.21. The van der Waals surface area contributed by atoms with Gasteiger partial charge in [-0.05, 0) is 51.4 Å². The molecular formula is C37H66NO8P. The number of rotatable bonds is 33. The standard InChI is InChI=1S/C37H66NO8P/c1-3-5-7-9-11-13-14-15-16-17-18-19-20-22-23-25-27-29-36(40)38-31-32-45-47(42,43)46-34-35(39)33-44-37(41)30-28-26-24-21-12-10-8-6-4-2/h11,13,15-16,18-19,22-23,35,39H,3-10,12,14,17,20-21,24-34H2,1-2H3,(H,38,40)(H,42,43)/b13-11-,16-15-,19-18-,23-22-. The van der Waals surface area contributed by atoms with E-state index in [0.717, 1.165) is 44.9 Å². The summed E-state index contributed by atoms with van der Waals surface area (Å²) >= 11 is 0. The highest BCUT2D eigenvalue weighted by Crippen LogP contribution is 2.42. The molecule has 0 rings (SSSR count). The number of ether oxygens (including phenoxy) is 1. The van der Waals surface area contributed by atoms with E-state index in [4.69, 9.17) is 13.8 Å². The number of hydrogen-bond acceptors (Lipinski definition) is 7. The van der Waals surface area contributed by atoms with Gasteiger partial charge in [-0.3, -0.25) is 18.6 Å². The van der Waals surface area contributed by atoms with Crippen molar-refractivity contribution in [2.24, 2.45) is 0 Å². The molecule has 47 heavy (non-hydrogen) atoms. The number of nitrogens with one attached hydrogen (secondary N) is 1. The number of unbranched alkanes of at least 4 members (excludes halogenated alkanes) is 12. The van der Waals surface area contributed by atoms with E-state index < -0.39 is 26.5 Å². The summed E-state index contributed by atoms with van der Waals surface area (Å²) in [5, 5.41) is 12.6. The maximum absolute atomic E-state index is 12.0. The highest BCUT2D eigenvalue weighted by Gasteiger charge is 2.23. The SMILES string of the molecule is CCCCC/C=C\C/C=C\C/C=C\C/C=C\CCCC(=O)NCCOP(=O)(O)OCC(O)COC(=O)CCCCCCCCCCC. The first-order valence-electron chi connectivity index (χ1n) is 18.1. The highest BCUT2D eigenvalue weighted by molar-refractivity contribution is 7.47. The van der Waals surface area contributed by atoms with Gasteiger partial charge in [0.15, 0.2) is 0 Å². The van der Waals surface area contributed by atoms with Crippen LogP contribution >= 0.6 is 7.82 Å². The summed E-state index contributed by atoms with van der Waals surface area (Å²) in [5.74, 6) is -0.580. The van der Waals surface area contributed by atoms with Crippen LogP contribution < -0.4 is 5.32 Å². The van der Waals surface area contributed by atoms with Crippen molar-refractivity contribution in [1.29, 1.82) is 0 Å². The van der Waals surface area contributed by atoms with Crippen molar-refractivity contribution in [2.75, 3.05) is 26.4 Å². The molecule has 272 valence electrons. The molecule has 0 saturated heterocycles. The summed E-state index contributed by atoms with van der Waals surface area (Å²) in [7, 11) is -4.42. The van der Waals surface area contributed by atoms with Crippen LogP contribution in [0.25, 0.3) is 0 Å². The molecule has 1 amide bonds. The van der Waals surface area contributed by atoms with E-state index in [9.17, 15) is 24.2 Å². The number of amides is 1. The van der Waals surface area contributed by atoms with Crippen LogP contribution in [0.5, 0.6) is 0 Å². The van der Waals surface area contributed by atoms with E-state index in [1.54, 1.807) is 0 Å². The quantitative estimate of drug-likeness (QED) is 0.0270. The van der Waals surface area contributed by atoms with Crippen molar-refractivity contribution in [3.63, 3.8) is 0 Å². The van der Waals surface area contributed by atoms with Gasteiger partial charge in [0.25, 0.3) is 0 Å². The molecule has 0 fully saturated rings. The Labute approximate surface area is 285 Å². The van der Waals surface area contributed by atoms with Crippen LogP contribution in [0, 0.1) is 0 Å². The average molecular weight is 684 g/mol. The minimum absolute atomic E-state index is 0.0517. The van der Waals surface area contributed by atoms with E-state index >= 15 is 0 Å². The minimum Gasteiger partial charge on any atom is -0.463 e. The Kier molecular flexibility index (Phi) is 32.4. The van der Waals surface area contributed by atoms with Crippen LogP contribution in [0.1, 0.15) is 142 Å². The summed E-state index contributed by atoms with van der Waals surface area (Å²) in [4.78, 5) is 33.6. The molecule has 10 heteroatoms. The first-order valence-corrected chi connectivity index (χ1v) is 19.6. The first-order chi connectivity index (χ1) is 22.8. The number of hydrogen-bond donors (Lipinski definition) is 3. The fraction of sp³-hybridized carbons (Fsp3) is 0.730. The van der Waals surface area contributed by atoms with E-state index in [1.165, 1.54) is 64.2 Å². The average Bonchev–Trinajstić information content (AvgIpc) is 3.05. The fourth-order valence-corrected chi connectivity index (χ4v) is 5.25. The van der Waals surface area contributed by atoms with Crippen LogP contribution in [0.4, 0.5) is 0 Å². The second-order valence-electron chi connectivity index (χ2n) is 11.8. The van der Waals surface area contributed by atoms with Crippen LogP contribution in [0.3, 0.4) is 0 Å². The molecule has 0 saturated carbocycles. The highest BCUT2D eigenvalue weighted by atomic mass is 31.2. The van der Waals surface area contributed by atoms with Gasteiger partial charge in [0, 0.05) is 19.4 Å². The molecule has 0 aliphatic heterocycles. The number of carbonyl (C=O) groups excluding carboxylic acids is 2. The van der Waals surface area contributed by atoms with Crippen LogP contribution in [-0.2, 0) is 27.9 Å². The van der Waals surface area contributed by atoms with Gasteiger partial charge in [0.1, 0.15) is 12.7 Å². The van der Waals surface area contributed by atoms with Crippen LogP contribution in [0.15, 0.2) is 48.6 Å². The lowest BCUT2D eigenvalue weighted by molar-refractivity contribution is -0.147. The van der Waals surface area contributed by atoms with Crippen LogP contribution in [-0.4, -0.2) is 54.3 Å². The van der Waals surface area contributed by atoms with Gasteiger partial charge in [-0.25, -0.2) is 4.57 Å². The Hall–Kier alpha value is -2.03. The zero-order valence-electron chi connectivity index (χ0n) is 29.5. The van der Waals surface area contributed by atoms with Gasteiger partial charge >= 0.3 is 13.8 Å². The third kappa shape index (κ3) is 35.1. The number of carbonyl (C=O) groups is 2. The Balaban J connectivity index is 3.74. The maximum atomic E-state index is 12.0. The second kappa shape index (κ2) is 33.9. The zero-order chi connectivity index (χ0) is 34.7. The monoisotopic (exact) mass is 683 g/mol. The first kappa shape index (κ1) is 45.0. The van der Waals surface area contributed by atoms with E-state index in [2.05, 4.69) is 67.8 Å². The van der Waals surface area contributed by atoms with E-state index in [1.807, 2.05) is 0 Å². The molecule has 2 atom stereocenters. The summed E-state index contributed by atoms with van der Waals surface area (Å²) in [6, 6.07) is 0. The van der Waals surface area contributed by atoms with Crippen molar-refractivity contribution < 1.29 is 37.9 Å². The number of allylic oxidation sites excluding steroid dienone is 8. The molecule has 9 nitrogen and oxygen atoms in total. The van der Waals surface area contributed by atoms with Gasteiger partial charge in [-0.1, -0.05) is 127 Å². The van der Waals surface area contributed by atoms with Crippen molar-refractivity contribution >= 4 is 19.7 Å². The number of phosphoric acid groups is 1.